The number of carbonyl (C=O) groups excluding carboxylic acids is 3. The van der Waals surface area contributed by atoms with Gasteiger partial charge in [0.15, 0.2) is 0 Å². The maximum Gasteiger partial charge on any atom is 0.408 e. The fourth-order valence-corrected chi connectivity index (χ4v) is 3.01. The van der Waals surface area contributed by atoms with E-state index in [-0.39, 0.29) is 18.4 Å². The number of unbranched alkanes of at least 4 members (excludes halogenated alkanes) is 2. The molecule has 0 radical (unpaired) electrons. The van der Waals surface area contributed by atoms with Crippen molar-refractivity contribution in [2.24, 2.45) is 0 Å². The minimum atomic E-state index is -0.778. The van der Waals surface area contributed by atoms with Gasteiger partial charge in [0.05, 0.1) is 0 Å². The lowest BCUT2D eigenvalue weighted by Crippen LogP contribution is -2.46. The van der Waals surface area contributed by atoms with Gasteiger partial charge in [0.2, 0.25) is 11.8 Å². The molecule has 0 saturated carbocycles. The molecule has 0 aliphatic carbocycles. The van der Waals surface area contributed by atoms with Crippen LogP contribution in [0, 0.1) is 13.8 Å². The molecule has 2 N–H and O–H groups in total. The van der Waals surface area contributed by atoms with Crippen LogP contribution in [0.4, 0.5) is 4.79 Å². The van der Waals surface area contributed by atoms with E-state index in [9.17, 15) is 14.4 Å². The van der Waals surface area contributed by atoms with E-state index < -0.39 is 17.7 Å². The summed E-state index contributed by atoms with van der Waals surface area (Å²) in [5.74, 6) is -0.608. The lowest BCUT2D eigenvalue weighted by Gasteiger charge is -2.29. The number of nitrogens with zero attached hydrogens (tertiary/aromatic N) is 1. The summed E-state index contributed by atoms with van der Waals surface area (Å²) in [6, 6.07) is 4.94. The molecular formula is C23H37N3O4. The van der Waals surface area contributed by atoms with Gasteiger partial charge in [0.1, 0.15) is 18.2 Å². The van der Waals surface area contributed by atoms with Crippen LogP contribution in [0.15, 0.2) is 18.2 Å². The van der Waals surface area contributed by atoms with E-state index in [1.807, 2.05) is 32.0 Å². The Labute approximate surface area is 180 Å². The number of rotatable bonds is 9. The average Bonchev–Trinajstić information content (AvgIpc) is 2.65. The summed E-state index contributed by atoms with van der Waals surface area (Å²) in [4.78, 5) is 39.1. The summed E-state index contributed by atoms with van der Waals surface area (Å²) >= 11 is 0. The number of carbonyl (C=O) groups is 3. The molecule has 0 fully saturated rings. The second kappa shape index (κ2) is 11.6. The second-order valence-corrected chi connectivity index (χ2v) is 8.55. The second-order valence-electron chi connectivity index (χ2n) is 8.55. The van der Waals surface area contributed by atoms with E-state index in [0.29, 0.717) is 6.54 Å². The Kier molecular flexibility index (Phi) is 9.82. The Balaban J connectivity index is 2.97. The van der Waals surface area contributed by atoms with Gasteiger partial charge < -0.3 is 20.3 Å². The molecule has 0 heterocycles. The third-order valence-corrected chi connectivity index (χ3v) is 4.83. The summed E-state index contributed by atoms with van der Waals surface area (Å²) in [5, 5.41) is 5.42. The first-order valence-corrected chi connectivity index (χ1v) is 10.5. The Morgan fingerprint density at radius 3 is 2.37 bits per heavy atom. The van der Waals surface area contributed by atoms with Crippen LogP contribution in [-0.2, 0) is 14.3 Å². The minimum Gasteiger partial charge on any atom is -0.444 e. The summed E-state index contributed by atoms with van der Waals surface area (Å²) in [6.07, 6.45) is 2.31. The van der Waals surface area contributed by atoms with E-state index in [4.69, 9.17) is 4.74 Å². The summed E-state index contributed by atoms with van der Waals surface area (Å²) < 4.78 is 5.17. The normalized spacial score (nSPS) is 12.1. The lowest BCUT2D eigenvalue weighted by atomic mass is 9.96. The largest absolute Gasteiger partial charge is 0.444 e. The maximum atomic E-state index is 13.0. The minimum absolute atomic E-state index is 0.229. The van der Waals surface area contributed by atoms with Crippen molar-refractivity contribution in [1.29, 1.82) is 0 Å². The molecule has 30 heavy (non-hydrogen) atoms. The highest BCUT2D eigenvalue weighted by atomic mass is 16.6. The zero-order chi connectivity index (χ0) is 22.9. The number of ether oxygens (including phenoxy) is 1. The number of amides is 3. The fraction of sp³-hybridized carbons (Fsp3) is 0.609. The Morgan fingerprint density at radius 1 is 1.10 bits per heavy atom. The van der Waals surface area contributed by atoms with Crippen LogP contribution in [0.2, 0.25) is 0 Å². The van der Waals surface area contributed by atoms with Crippen LogP contribution >= 0.6 is 0 Å². The van der Waals surface area contributed by atoms with Crippen LogP contribution in [0.1, 0.15) is 69.7 Å². The molecule has 3 amide bonds. The van der Waals surface area contributed by atoms with Gasteiger partial charge in [-0.1, -0.05) is 38.0 Å². The molecule has 1 rings (SSSR count). The fourth-order valence-electron chi connectivity index (χ4n) is 3.01. The predicted molar refractivity (Wildman–Crippen MR) is 118 cm³/mol. The van der Waals surface area contributed by atoms with E-state index in [1.54, 1.807) is 27.8 Å². The third kappa shape index (κ3) is 8.05. The van der Waals surface area contributed by atoms with Crippen LogP contribution in [-0.4, -0.2) is 48.5 Å². The van der Waals surface area contributed by atoms with Gasteiger partial charge >= 0.3 is 6.09 Å². The molecule has 1 aromatic carbocycles. The first kappa shape index (κ1) is 25.5. The maximum absolute atomic E-state index is 13.0. The quantitative estimate of drug-likeness (QED) is 0.598. The molecule has 168 valence electrons. The molecule has 0 bridgehead atoms. The lowest BCUT2D eigenvalue weighted by molar-refractivity contribution is -0.138. The summed E-state index contributed by atoms with van der Waals surface area (Å²) in [6.45, 7) is 11.6. The van der Waals surface area contributed by atoms with Crippen molar-refractivity contribution < 1.29 is 19.1 Å². The highest BCUT2D eigenvalue weighted by Crippen LogP contribution is 2.25. The molecule has 0 aromatic heterocycles. The number of hydrogen-bond donors (Lipinski definition) is 2. The highest BCUT2D eigenvalue weighted by Gasteiger charge is 2.30. The van der Waals surface area contributed by atoms with Gasteiger partial charge in [0, 0.05) is 13.6 Å². The standard InChI is InChI=1S/C23H37N3O4/c1-8-9-10-14-24-21(28)20(18-13-11-12-16(2)17(18)3)26(7)19(27)15-25-22(29)30-23(4,5)6/h11-13,20H,8-10,14-15H2,1-7H3,(H,24,28)(H,25,29). The van der Waals surface area contributed by atoms with E-state index in [0.717, 1.165) is 36.0 Å². The van der Waals surface area contributed by atoms with Crippen molar-refractivity contribution in [3.63, 3.8) is 0 Å². The Bertz CT molecular complexity index is 740. The first-order chi connectivity index (χ1) is 14.0. The Hall–Kier alpha value is -2.57. The molecule has 7 nitrogen and oxygen atoms in total. The molecule has 0 aliphatic heterocycles. The molecular weight excluding hydrogens is 382 g/mol. The smallest absolute Gasteiger partial charge is 0.408 e. The monoisotopic (exact) mass is 419 g/mol. The van der Waals surface area contributed by atoms with Crippen LogP contribution < -0.4 is 10.6 Å². The molecule has 1 atom stereocenters. The van der Waals surface area contributed by atoms with Crippen LogP contribution in [0.5, 0.6) is 0 Å². The highest BCUT2D eigenvalue weighted by molar-refractivity contribution is 5.90. The number of hydrogen-bond acceptors (Lipinski definition) is 4. The third-order valence-electron chi connectivity index (χ3n) is 4.83. The van der Waals surface area contributed by atoms with Gasteiger partial charge in [0.25, 0.3) is 0 Å². The molecule has 7 heteroatoms. The molecule has 1 unspecified atom stereocenters. The molecule has 1 aromatic rings. The Morgan fingerprint density at radius 2 is 1.77 bits per heavy atom. The zero-order valence-corrected chi connectivity index (χ0v) is 19.4. The first-order valence-electron chi connectivity index (χ1n) is 10.5. The van der Waals surface area contributed by atoms with Crippen molar-refractivity contribution >= 4 is 17.9 Å². The van der Waals surface area contributed by atoms with Crippen molar-refractivity contribution in [3.05, 3.63) is 34.9 Å². The topological polar surface area (TPSA) is 87.7 Å². The van der Waals surface area contributed by atoms with Crippen molar-refractivity contribution in [1.82, 2.24) is 15.5 Å². The van der Waals surface area contributed by atoms with Gasteiger partial charge in [-0.3, -0.25) is 9.59 Å². The van der Waals surface area contributed by atoms with Gasteiger partial charge in [-0.15, -0.1) is 0 Å². The van der Waals surface area contributed by atoms with Crippen LogP contribution in [0.3, 0.4) is 0 Å². The average molecular weight is 420 g/mol. The predicted octanol–water partition coefficient (Wildman–Crippen LogP) is 3.63. The van der Waals surface area contributed by atoms with Crippen LogP contribution in [0.25, 0.3) is 0 Å². The van der Waals surface area contributed by atoms with E-state index in [2.05, 4.69) is 17.6 Å². The van der Waals surface area contributed by atoms with Crippen molar-refractivity contribution in [3.8, 4) is 0 Å². The molecule has 0 aliphatic rings. The summed E-state index contributed by atoms with van der Waals surface area (Å²) in [7, 11) is 1.58. The molecule has 0 spiro atoms. The summed E-state index contributed by atoms with van der Waals surface area (Å²) in [5.41, 5.74) is 2.13. The number of aryl methyl sites for hydroxylation is 1. The zero-order valence-electron chi connectivity index (χ0n) is 19.4. The number of likely N-dealkylation sites (N-methyl/N-ethyl adjacent to an activating group) is 1. The number of benzene rings is 1. The van der Waals surface area contributed by atoms with E-state index in [1.165, 1.54) is 4.90 Å². The van der Waals surface area contributed by atoms with Crippen molar-refractivity contribution in [2.45, 2.75) is 72.4 Å². The van der Waals surface area contributed by atoms with E-state index >= 15 is 0 Å². The number of nitrogens with one attached hydrogen (secondary N) is 2. The van der Waals surface area contributed by atoms with Crippen molar-refractivity contribution in [2.75, 3.05) is 20.1 Å². The van der Waals surface area contributed by atoms with Gasteiger partial charge in [-0.05, 0) is 57.7 Å². The van der Waals surface area contributed by atoms with Gasteiger partial charge in [-0.25, -0.2) is 4.79 Å². The molecule has 0 saturated heterocycles. The number of alkyl carbamates (subject to hydrolysis) is 1. The SMILES string of the molecule is CCCCCNC(=O)C(c1cccc(C)c1C)N(C)C(=O)CNC(=O)OC(C)(C)C. The van der Waals surface area contributed by atoms with Gasteiger partial charge in [-0.2, -0.15) is 0 Å².